The van der Waals surface area contributed by atoms with Crippen LogP contribution in [0.15, 0.2) is 24.3 Å². The van der Waals surface area contributed by atoms with Gasteiger partial charge in [0.1, 0.15) is 0 Å². The van der Waals surface area contributed by atoms with Crippen LogP contribution in [-0.4, -0.2) is 43.7 Å². The van der Waals surface area contributed by atoms with Gasteiger partial charge in [-0.3, -0.25) is 4.90 Å². The summed E-state index contributed by atoms with van der Waals surface area (Å²) in [4.78, 5) is 13.7. The fraction of sp³-hybridized carbons (Fsp3) is 0.500. The largest absolute Gasteiger partial charge is 0.465 e. The van der Waals surface area contributed by atoms with E-state index in [0.717, 1.165) is 26.2 Å². The second-order valence-electron chi connectivity index (χ2n) is 4.78. The second kappa shape index (κ2) is 5.98. The van der Waals surface area contributed by atoms with Crippen molar-refractivity contribution in [2.45, 2.75) is 19.5 Å². The molecule has 0 aliphatic carbocycles. The zero-order valence-electron chi connectivity index (χ0n) is 11.0. The maximum absolute atomic E-state index is 11.3. The van der Waals surface area contributed by atoms with Crippen molar-refractivity contribution < 1.29 is 9.53 Å². The summed E-state index contributed by atoms with van der Waals surface area (Å²) in [7, 11) is 1.40. The quantitative estimate of drug-likeness (QED) is 0.818. The van der Waals surface area contributed by atoms with Gasteiger partial charge in [-0.25, -0.2) is 4.79 Å². The molecule has 1 N–H and O–H groups in total. The number of carbonyl (C=O) groups is 1. The molecule has 1 atom stereocenters. The summed E-state index contributed by atoms with van der Waals surface area (Å²) in [5.74, 6) is -0.280. The minimum absolute atomic E-state index is 0.280. The number of hydrogen-bond acceptors (Lipinski definition) is 4. The Hall–Kier alpha value is -1.39. The molecule has 1 aliphatic rings. The summed E-state index contributed by atoms with van der Waals surface area (Å²) in [6.07, 6.45) is 0. The van der Waals surface area contributed by atoms with Crippen LogP contribution < -0.4 is 5.32 Å². The first-order valence-corrected chi connectivity index (χ1v) is 6.32. The number of carbonyl (C=O) groups excluding carboxylic acids is 1. The number of hydrogen-bond donors (Lipinski definition) is 1. The van der Waals surface area contributed by atoms with Gasteiger partial charge in [-0.05, 0) is 24.6 Å². The second-order valence-corrected chi connectivity index (χ2v) is 4.78. The van der Waals surface area contributed by atoms with Crippen LogP contribution in [-0.2, 0) is 11.3 Å². The van der Waals surface area contributed by atoms with Crippen LogP contribution >= 0.6 is 0 Å². The Morgan fingerprint density at radius 1 is 1.44 bits per heavy atom. The lowest BCUT2D eigenvalue weighted by atomic mass is 10.1. The van der Waals surface area contributed by atoms with Crippen LogP contribution in [0.1, 0.15) is 22.8 Å². The van der Waals surface area contributed by atoms with Gasteiger partial charge in [0, 0.05) is 32.2 Å². The fourth-order valence-electron chi connectivity index (χ4n) is 2.28. The molecule has 4 nitrogen and oxygen atoms in total. The van der Waals surface area contributed by atoms with E-state index < -0.39 is 0 Å². The summed E-state index contributed by atoms with van der Waals surface area (Å²) in [5.41, 5.74) is 1.84. The van der Waals surface area contributed by atoms with Crippen LogP contribution in [0.4, 0.5) is 0 Å². The summed E-state index contributed by atoms with van der Waals surface area (Å²) >= 11 is 0. The lowest BCUT2D eigenvalue weighted by Crippen LogP contribution is -2.48. The third-order valence-corrected chi connectivity index (χ3v) is 3.23. The predicted molar refractivity (Wildman–Crippen MR) is 70.5 cm³/mol. The smallest absolute Gasteiger partial charge is 0.337 e. The number of nitrogens with zero attached hydrogens (tertiary/aromatic N) is 1. The van der Waals surface area contributed by atoms with E-state index in [1.54, 1.807) is 0 Å². The molecule has 1 aromatic rings. The van der Waals surface area contributed by atoms with Gasteiger partial charge in [0.25, 0.3) is 0 Å². The lowest BCUT2D eigenvalue weighted by molar-refractivity contribution is 0.0600. The van der Waals surface area contributed by atoms with E-state index in [4.69, 9.17) is 0 Å². The van der Waals surface area contributed by atoms with E-state index in [9.17, 15) is 4.79 Å². The molecule has 0 spiro atoms. The Morgan fingerprint density at radius 2 is 2.17 bits per heavy atom. The lowest BCUT2D eigenvalue weighted by Gasteiger charge is -2.31. The molecule has 0 unspecified atom stereocenters. The minimum atomic E-state index is -0.280. The van der Waals surface area contributed by atoms with E-state index in [-0.39, 0.29) is 5.97 Å². The van der Waals surface area contributed by atoms with E-state index in [2.05, 4.69) is 21.9 Å². The molecular weight excluding hydrogens is 228 g/mol. The van der Waals surface area contributed by atoms with Crippen LogP contribution in [0, 0.1) is 0 Å². The van der Waals surface area contributed by atoms with Crippen molar-refractivity contribution in [3.63, 3.8) is 0 Å². The van der Waals surface area contributed by atoms with Crippen molar-refractivity contribution in [1.29, 1.82) is 0 Å². The van der Waals surface area contributed by atoms with Gasteiger partial charge in [0.2, 0.25) is 0 Å². The molecule has 1 saturated heterocycles. The van der Waals surface area contributed by atoms with Crippen molar-refractivity contribution in [3.05, 3.63) is 35.4 Å². The van der Waals surface area contributed by atoms with E-state index in [0.29, 0.717) is 11.6 Å². The van der Waals surface area contributed by atoms with Crippen molar-refractivity contribution in [1.82, 2.24) is 10.2 Å². The topological polar surface area (TPSA) is 41.6 Å². The summed E-state index contributed by atoms with van der Waals surface area (Å²) in [6.45, 7) is 6.32. The molecule has 0 amide bonds. The minimum Gasteiger partial charge on any atom is -0.465 e. The first kappa shape index (κ1) is 13.1. The molecule has 1 heterocycles. The third-order valence-electron chi connectivity index (χ3n) is 3.23. The molecule has 2 rings (SSSR count). The molecule has 1 fully saturated rings. The summed E-state index contributed by atoms with van der Waals surface area (Å²) in [6, 6.07) is 8.20. The first-order chi connectivity index (χ1) is 8.69. The maximum atomic E-state index is 11.3. The molecule has 18 heavy (non-hydrogen) atoms. The Morgan fingerprint density at radius 3 is 2.78 bits per heavy atom. The van der Waals surface area contributed by atoms with Crippen LogP contribution in [0.5, 0.6) is 0 Å². The SMILES string of the molecule is COC(=O)c1ccc(CN2CCN[C@H](C)C2)cc1. The average Bonchev–Trinajstić information content (AvgIpc) is 2.39. The zero-order chi connectivity index (χ0) is 13.0. The Kier molecular flexibility index (Phi) is 4.33. The van der Waals surface area contributed by atoms with Gasteiger partial charge in [-0.1, -0.05) is 12.1 Å². The Labute approximate surface area is 108 Å². The first-order valence-electron chi connectivity index (χ1n) is 6.32. The predicted octanol–water partition coefficient (Wildman–Crippen LogP) is 1.27. The summed E-state index contributed by atoms with van der Waals surface area (Å²) < 4.78 is 4.68. The highest BCUT2D eigenvalue weighted by Crippen LogP contribution is 2.10. The molecule has 0 saturated carbocycles. The van der Waals surface area contributed by atoms with Gasteiger partial charge >= 0.3 is 5.97 Å². The fourth-order valence-corrected chi connectivity index (χ4v) is 2.28. The van der Waals surface area contributed by atoms with Gasteiger partial charge in [0.15, 0.2) is 0 Å². The Balaban J connectivity index is 1.95. The van der Waals surface area contributed by atoms with Crippen molar-refractivity contribution >= 4 is 5.97 Å². The molecule has 0 bridgehead atoms. The molecule has 1 aliphatic heterocycles. The van der Waals surface area contributed by atoms with Gasteiger partial charge < -0.3 is 10.1 Å². The third kappa shape index (κ3) is 3.31. The molecule has 0 radical (unpaired) electrons. The summed E-state index contributed by atoms with van der Waals surface area (Å²) in [5, 5.41) is 3.43. The van der Waals surface area contributed by atoms with Gasteiger partial charge in [0.05, 0.1) is 12.7 Å². The molecular formula is C14H20N2O2. The monoisotopic (exact) mass is 248 g/mol. The van der Waals surface area contributed by atoms with Crippen molar-refractivity contribution in [3.8, 4) is 0 Å². The van der Waals surface area contributed by atoms with Gasteiger partial charge in [-0.15, -0.1) is 0 Å². The van der Waals surface area contributed by atoms with Gasteiger partial charge in [-0.2, -0.15) is 0 Å². The highest BCUT2D eigenvalue weighted by Gasteiger charge is 2.15. The van der Waals surface area contributed by atoms with Crippen LogP contribution in [0.2, 0.25) is 0 Å². The number of rotatable bonds is 3. The highest BCUT2D eigenvalue weighted by molar-refractivity contribution is 5.89. The van der Waals surface area contributed by atoms with Crippen LogP contribution in [0.3, 0.4) is 0 Å². The normalized spacial score (nSPS) is 20.7. The number of esters is 1. The van der Waals surface area contributed by atoms with Crippen molar-refractivity contribution in [2.24, 2.45) is 0 Å². The average molecular weight is 248 g/mol. The van der Waals surface area contributed by atoms with Crippen LogP contribution in [0.25, 0.3) is 0 Å². The number of ether oxygens (including phenoxy) is 1. The standard InChI is InChI=1S/C14H20N2O2/c1-11-9-16(8-7-15-11)10-12-3-5-13(6-4-12)14(17)18-2/h3-6,11,15H,7-10H2,1-2H3/t11-/m1/s1. The molecule has 1 aromatic carbocycles. The highest BCUT2D eigenvalue weighted by atomic mass is 16.5. The number of methoxy groups -OCH3 is 1. The van der Waals surface area contributed by atoms with E-state index >= 15 is 0 Å². The zero-order valence-corrected chi connectivity index (χ0v) is 11.0. The molecule has 0 aromatic heterocycles. The van der Waals surface area contributed by atoms with E-state index in [1.165, 1.54) is 12.7 Å². The maximum Gasteiger partial charge on any atom is 0.337 e. The number of nitrogens with one attached hydrogen (secondary N) is 1. The van der Waals surface area contributed by atoms with Crippen molar-refractivity contribution in [2.75, 3.05) is 26.7 Å². The Bertz CT molecular complexity index is 403. The molecule has 98 valence electrons. The molecule has 4 heteroatoms. The number of benzene rings is 1. The van der Waals surface area contributed by atoms with E-state index in [1.807, 2.05) is 24.3 Å². The number of piperazine rings is 1.